The lowest BCUT2D eigenvalue weighted by Gasteiger charge is -1.95. The molecular formula is C12H8ClO4-. The molecule has 0 N–H and O–H groups in total. The van der Waals surface area contributed by atoms with Gasteiger partial charge in [0, 0.05) is 5.56 Å². The van der Waals surface area contributed by atoms with Crippen LogP contribution in [0.25, 0.3) is 12.2 Å². The van der Waals surface area contributed by atoms with Crippen molar-refractivity contribution < 1.29 is 18.7 Å². The van der Waals surface area contributed by atoms with E-state index < -0.39 is 5.97 Å². The van der Waals surface area contributed by atoms with Crippen LogP contribution in [-0.4, -0.2) is 5.97 Å². The number of rotatable bonds is 3. The standard InChI is InChI=1S/C12H9ClO4/c1-7-9(12(14)15)6-8(17-7)2-3-11-10(13)4-5-16-11/h2-6H,1H3,(H,14,15)/p-1/b3-2+. The van der Waals surface area contributed by atoms with Gasteiger partial charge < -0.3 is 18.7 Å². The monoisotopic (exact) mass is 251 g/mol. The number of halogens is 1. The predicted octanol–water partition coefficient (Wildman–Crippen LogP) is 2.37. The minimum absolute atomic E-state index is 0.0372. The number of furan rings is 2. The number of carbonyl (C=O) groups excluding carboxylic acids is 1. The molecule has 0 saturated carbocycles. The summed E-state index contributed by atoms with van der Waals surface area (Å²) in [7, 11) is 0. The third-order valence-corrected chi connectivity index (χ3v) is 2.51. The Balaban J connectivity index is 2.25. The van der Waals surface area contributed by atoms with Gasteiger partial charge in [-0.15, -0.1) is 0 Å². The van der Waals surface area contributed by atoms with Gasteiger partial charge in [0.2, 0.25) is 0 Å². The van der Waals surface area contributed by atoms with E-state index in [-0.39, 0.29) is 5.56 Å². The lowest BCUT2D eigenvalue weighted by molar-refractivity contribution is -0.255. The van der Waals surface area contributed by atoms with E-state index in [0.29, 0.717) is 22.3 Å². The van der Waals surface area contributed by atoms with E-state index in [1.54, 1.807) is 25.1 Å². The number of carbonyl (C=O) groups is 1. The summed E-state index contributed by atoms with van der Waals surface area (Å²) in [5.74, 6) is -0.0815. The maximum atomic E-state index is 10.7. The molecule has 2 rings (SSSR count). The minimum Gasteiger partial charge on any atom is -0.545 e. The Bertz CT molecular complexity index is 577. The van der Waals surface area contributed by atoms with Crippen molar-refractivity contribution in [1.82, 2.24) is 0 Å². The molecule has 0 fully saturated rings. The normalized spacial score (nSPS) is 11.2. The molecule has 88 valence electrons. The first kappa shape index (κ1) is 11.5. The molecule has 0 aliphatic carbocycles. The molecule has 0 atom stereocenters. The number of hydrogen-bond acceptors (Lipinski definition) is 4. The second-order valence-electron chi connectivity index (χ2n) is 3.37. The maximum absolute atomic E-state index is 10.7. The molecule has 0 saturated heterocycles. The zero-order valence-corrected chi connectivity index (χ0v) is 9.65. The fraction of sp³-hybridized carbons (Fsp3) is 0.0833. The molecule has 0 aromatic carbocycles. The van der Waals surface area contributed by atoms with Crippen molar-refractivity contribution in [3.05, 3.63) is 46.3 Å². The molecule has 0 aliphatic heterocycles. The second-order valence-corrected chi connectivity index (χ2v) is 3.78. The highest BCUT2D eigenvalue weighted by Crippen LogP contribution is 2.21. The fourth-order valence-corrected chi connectivity index (χ4v) is 1.53. The maximum Gasteiger partial charge on any atom is 0.145 e. The molecule has 0 amide bonds. The van der Waals surface area contributed by atoms with Crippen LogP contribution in [0.15, 0.2) is 27.2 Å². The summed E-state index contributed by atoms with van der Waals surface area (Å²) < 4.78 is 10.3. The Kier molecular flexibility index (Phi) is 3.06. The molecule has 17 heavy (non-hydrogen) atoms. The predicted molar refractivity (Wildman–Crippen MR) is 60.4 cm³/mol. The molecule has 2 heterocycles. The minimum atomic E-state index is -1.26. The van der Waals surface area contributed by atoms with Crippen LogP contribution in [0, 0.1) is 6.92 Å². The highest BCUT2D eigenvalue weighted by molar-refractivity contribution is 6.31. The van der Waals surface area contributed by atoms with E-state index in [4.69, 9.17) is 20.4 Å². The van der Waals surface area contributed by atoms with Gasteiger partial charge in [-0.2, -0.15) is 0 Å². The Morgan fingerprint density at radius 1 is 1.47 bits per heavy atom. The van der Waals surface area contributed by atoms with Gasteiger partial charge in [0.05, 0.1) is 17.3 Å². The smallest absolute Gasteiger partial charge is 0.145 e. The molecule has 0 bridgehead atoms. The number of aromatic carboxylic acids is 1. The van der Waals surface area contributed by atoms with Gasteiger partial charge in [-0.25, -0.2) is 0 Å². The van der Waals surface area contributed by atoms with Crippen molar-refractivity contribution in [2.45, 2.75) is 6.92 Å². The summed E-state index contributed by atoms with van der Waals surface area (Å²) in [6, 6.07) is 3.00. The van der Waals surface area contributed by atoms with E-state index >= 15 is 0 Å². The summed E-state index contributed by atoms with van der Waals surface area (Å²) in [6.07, 6.45) is 4.63. The Morgan fingerprint density at radius 3 is 2.76 bits per heavy atom. The van der Waals surface area contributed by atoms with Gasteiger partial charge in [0.25, 0.3) is 0 Å². The lowest BCUT2D eigenvalue weighted by Crippen LogP contribution is -2.22. The van der Waals surface area contributed by atoms with Crippen LogP contribution in [0.1, 0.15) is 27.6 Å². The molecule has 0 unspecified atom stereocenters. The van der Waals surface area contributed by atoms with Gasteiger partial charge in [-0.3, -0.25) is 0 Å². The Labute approximate surface area is 102 Å². The third kappa shape index (κ3) is 2.42. The molecule has 0 aliphatic rings. The molecule has 2 aromatic rings. The second kappa shape index (κ2) is 4.51. The number of carboxylic acid groups (broad SMARTS) is 1. The topological polar surface area (TPSA) is 66.4 Å². The van der Waals surface area contributed by atoms with Gasteiger partial charge in [0.15, 0.2) is 0 Å². The van der Waals surface area contributed by atoms with E-state index in [1.165, 1.54) is 12.3 Å². The summed E-state index contributed by atoms with van der Waals surface area (Å²) in [6.45, 7) is 1.56. The Hall–Kier alpha value is -1.94. The summed E-state index contributed by atoms with van der Waals surface area (Å²) in [5, 5.41) is 11.2. The first-order valence-corrected chi connectivity index (χ1v) is 5.18. The highest BCUT2D eigenvalue weighted by Gasteiger charge is 2.06. The van der Waals surface area contributed by atoms with E-state index in [1.807, 2.05) is 0 Å². The molecule has 0 spiro atoms. The average Bonchev–Trinajstić information content (AvgIpc) is 2.82. The quantitative estimate of drug-likeness (QED) is 0.840. The molecule has 4 nitrogen and oxygen atoms in total. The van der Waals surface area contributed by atoms with Gasteiger partial charge >= 0.3 is 0 Å². The van der Waals surface area contributed by atoms with Crippen molar-refractivity contribution in [2.24, 2.45) is 0 Å². The number of carboxylic acids is 1. The summed E-state index contributed by atoms with van der Waals surface area (Å²) in [5.41, 5.74) is 0.0372. The van der Waals surface area contributed by atoms with E-state index in [0.717, 1.165) is 0 Å². The molecular weight excluding hydrogens is 244 g/mol. The van der Waals surface area contributed by atoms with Crippen molar-refractivity contribution in [1.29, 1.82) is 0 Å². The lowest BCUT2D eigenvalue weighted by atomic mass is 10.2. The van der Waals surface area contributed by atoms with E-state index in [9.17, 15) is 9.90 Å². The van der Waals surface area contributed by atoms with Crippen LogP contribution >= 0.6 is 11.6 Å². The van der Waals surface area contributed by atoms with Gasteiger partial charge in [-0.1, -0.05) is 11.6 Å². The van der Waals surface area contributed by atoms with Crippen molar-refractivity contribution in [3.63, 3.8) is 0 Å². The van der Waals surface area contributed by atoms with E-state index in [2.05, 4.69) is 0 Å². The van der Waals surface area contributed by atoms with Crippen LogP contribution in [0.5, 0.6) is 0 Å². The van der Waals surface area contributed by atoms with Crippen molar-refractivity contribution in [2.75, 3.05) is 0 Å². The third-order valence-electron chi connectivity index (χ3n) is 2.20. The zero-order chi connectivity index (χ0) is 12.4. The van der Waals surface area contributed by atoms with Crippen LogP contribution in [0.4, 0.5) is 0 Å². The number of hydrogen-bond donors (Lipinski definition) is 0. The average molecular weight is 252 g/mol. The van der Waals surface area contributed by atoms with Crippen LogP contribution in [-0.2, 0) is 0 Å². The van der Waals surface area contributed by atoms with Crippen LogP contribution < -0.4 is 5.11 Å². The fourth-order valence-electron chi connectivity index (χ4n) is 1.37. The van der Waals surface area contributed by atoms with Crippen molar-refractivity contribution >= 4 is 29.7 Å². The first-order chi connectivity index (χ1) is 8.08. The SMILES string of the molecule is Cc1oc(/C=C/c2occc2Cl)cc1C(=O)[O-]. The molecule has 2 aromatic heterocycles. The van der Waals surface area contributed by atoms with Crippen LogP contribution in [0.3, 0.4) is 0 Å². The van der Waals surface area contributed by atoms with Gasteiger partial charge in [0.1, 0.15) is 17.3 Å². The van der Waals surface area contributed by atoms with Crippen LogP contribution in [0.2, 0.25) is 5.02 Å². The molecule has 0 radical (unpaired) electrons. The van der Waals surface area contributed by atoms with Crippen molar-refractivity contribution in [3.8, 4) is 0 Å². The Morgan fingerprint density at radius 2 is 2.24 bits per heavy atom. The largest absolute Gasteiger partial charge is 0.545 e. The highest BCUT2D eigenvalue weighted by atomic mass is 35.5. The molecule has 5 heteroatoms. The summed E-state index contributed by atoms with van der Waals surface area (Å²) in [4.78, 5) is 10.7. The first-order valence-electron chi connectivity index (χ1n) is 4.81. The van der Waals surface area contributed by atoms with Gasteiger partial charge in [-0.05, 0) is 31.2 Å². The number of aryl methyl sites for hydroxylation is 1. The zero-order valence-electron chi connectivity index (χ0n) is 8.90. The summed E-state index contributed by atoms with van der Waals surface area (Å²) >= 11 is 5.81.